The van der Waals surface area contributed by atoms with Crippen LogP contribution in [0.25, 0.3) is 21.7 Å². The molecule has 1 N–H and O–H groups in total. The third-order valence-electron chi connectivity index (χ3n) is 4.07. The van der Waals surface area contributed by atoms with Gasteiger partial charge in [-0.05, 0) is 41.8 Å². The van der Waals surface area contributed by atoms with Crippen LogP contribution >= 0.6 is 0 Å². The highest BCUT2D eigenvalue weighted by Gasteiger charge is 2.16. The molecular weight excluding hydrogens is 350 g/mol. The third kappa shape index (κ3) is 2.99. The number of carbonyl (C=O) groups is 1. The van der Waals surface area contributed by atoms with Crippen molar-refractivity contribution in [1.82, 2.24) is 4.98 Å². The molecule has 4 rings (SSSR count). The maximum Gasteiger partial charge on any atom is 0.344 e. The number of fused-ring (bicyclic) bond motifs is 2. The molecule has 0 aliphatic carbocycles. The quantitative estimate of drug-likeness (QED) is 0.441. The van der Waals surface area contributed by atoms with Crippen LogP contribution in [0.3, 0.4) is 0 Å². The van der Waals surface area contributed by atoms with E-state index in [1.807, 2.05) is 0 Å². The van der Waals surface area contributed by atoms with Crippen molar-refractivity contribution in [2.75, 3.05) is 5.32 Å². The Bertz CT molecular complexity index is 1270. The zero-order valence-corrected chi connectivity index (χ0v) is 13.7. The van der Waals surface area contributed by atoms with Gasteiger partial charge in [0.25, 0.3) is 11.6 Å². The third-order valence-corrected chi connectivity index (χ3v) is 4.07. The summed E-state index contributed by atoms with van der Waals surface area (Å²) in [5.41, 5.74) is 0.282. The highest BCUT2D eigenvalue weighted by atomic mass is 16.6. The molecule has 0 atom stereocenters. The van der Waals surface area contributed by atoms with Gasteiger partial charge in [0.1, 0.15) is 0 Å². The van der Waals surface area contributed by atoms with Gasteiger partial charge in [0.2, 0.25) is 0 Å². The van der Waals surface area contributed by atoms with Crippen molar-refractivity contribution in [2.45, 2.75) is 0 Å². The number of nitro groups is 1. The number of hydrogen-bond acceptors (Lipinski definition) is 6. The fraction of sp³-hybridized carbons (Fsp3) is 0. The van der Waals surface area contributed by atoms with Gasteiger partial charge in [-0.15, -0.1) is 0 Å². The van der Waals surface area contributed by atoms with Crippen LogP contribution in [-0.4, -0.2) is 15.8 Å². The Morgan fingerprint density at radius 2 is 1.93 bits per heavy atom. The fourth-order valence-electron chi connectivity index (χ4n) is 2.80. The molecule has 0 saturated heterocycles. The van der Waals surface area contributed by atoms with Crippen molar-refractivity contribution >= 4 is 39.0 Å². The zero-order valence-electron chi connectivity index (χ0n) is 13.7. The van der Waals surface area contributed by atoms with Crippen LogP contribution < -0.4 is 10.9 Å². The van der Waals surface area contributed by atoms with Crippen molar-refractivity contribution in [3.8, 4) is 0 Å². The van der Waals surface area contributed by atoms with Gasteiger partial charge >= 0.3 is 5.63 Å². The first-order valence-corrected chi connectivity index (χ1v) is 7.90. The topological polar surface area (TPSA) is 115 Å². The number of hydrogen-bond donors (Lipinski definition) is 1. The van der Waals surface area contributed by atoms with Gasteiger partial charge in [-0.3, -0.25) is 19.9 Å². The number of anilines is 1. The maximum absolute atomic E-state index is 12.6. The minimum absolute atomic E-state index is 0.159. The Morgan fingerprint density at radius 3 is 2.74 bits per heavy atom. The molecule has 0 aliphatic rings. The standard InChI is InChI=1S/C19H11N3O5/c23-18(21-16-5-1-4-15-14(16)3-2-8-20-15)17-10-11-9-12(22(25)26)6-7-13(11)19(24)27-17/h1-10H,(H,21,23). The molecule has 0 unspecified atom stereocenters. The molecule has 0 saturated carbocycles. The number of rotatable bonds is 3. The van der Waals surface area contributed by atoms with Gasteiger partial charge in [0, 0.05) is 23.7 Å². The molecule has 2 aromatic heterocycles. The van der Waals surface area contributed by atoms with E-state index >= 15 is 0 Å². The molecule has 0 radical (unpaired) electrons. The lowest BCUT2D eigenvalue weighted by molar-refractivity contribution is -0.384. The van der Waals surface area contributed by atoms with E-state index in [1.54, 1.807) is 36.5 Å². The van der Waals surface area contributed by atoms with Crippen molar-refractivity contribution in [3.63, 3.8) is 0 Å². The molecule has 0 fully saturated rings. The molecule has 0 spiro atoms. The number of non-ortho nitro benzene ring substituents is 1. The minimum atomic E-state index is -0.743. The lowest BCUT2D eigenvalue weighted by atomic mass is 10.1. The van der Waals surface area contributed by atoms with Gasteiger partial charge < -0.3 is 9.73 Å². The number of benzene rings is 2. The van der Waals surface area contributed by atoms with Crippen LogP contribution in [0, 0.1) is 10.1 Å². The van der Waals surface area contributed by atoms with E-state index in [1.165, 1.54) is 24.3 Å². The number of nitrogens with one attached hydrogen (secondary N) is 1. The average Bonchev–Trinajstić information content (AvgIpc) is 2.67. The van der Waals surface area contributed by atoms with Crippen LogP contribution in [0.2, 0.25) is 0 Å². The predicted molar refractivity (Wildman–Crippen MR) is 98.8 cm³/mol. The molecule has 132 valence electrons. The van der Waals surface area contributed by atoms with E-state index in [0.717, 1.165) is 5.39 Å². The first-order chi connectivity index (χ1) is 13.0. The highest BCUT2D eigenvalue weighted by Crippen LogP contribution is 2.23. The first kappa shape index (κ1) is 16.4. The van der Waals surface area contributed by atoms with Gasteiger partial charge in [0.15, 0.2) is 5.76 Å². The van der Waals surface area contributed by atoms with Crippen LogP contribution in [0.4, 0.5) is 11.4 Å². The van der Waals surface area contributed by atoms with Gasteiger partial charge in [-0.2, -0.15) is 0 Å². The molecule has 8 nitrogen and oxygen atoms in total. The summed E-state index contributed by atoms with van der Waals surface area (Å²) in [6.45, 7) is 0. The van der Waals surface area contributed by atoms with Crippen LogP contribution in [0.5, 0.6) is 0 Å². The van der Waals surface area contributed by atoms with E-state index in [-0.39, 0.29) is 22.2 Å². The molecule has 8 heteroatoms. The molecule has 1 amide bonds. The van der Waals surface area contributed by atoms with Crippen LogP contribution in [0.15, 0.2) is 70.0 Å². The maximum atomic E-state index is 12.6. The monoisotopic (exact) mass is 361 g/mol. The van der Waals surface area contributed by atoms with Gasteiger partial charge in [0.05, 0.1) is 21.5 Å². The van der Waals surface area contributed by atoms with Crippen molar-refractivity contribution in [1.29, 1.82) is 0 Å². The van der Waals surface area contributed by atoms with E-state index in [2.05, 4.69) is 10.3 Å². The second kappa shape index (κ2) is 6.34. The second-order valence-electron chi connectivity index (χ2n) is 5.76. The SMILES string of the molecule is O=C(Nc1cccc2ncccc12)c1cc2cc([N+](=O)[O-])ccc2c(=O)o1. The summed E-state index contributed by atoms with van der Waals surface area (Å²) in [6.07, 6.45) is 1.64. The highest BCUT2D eigenvalue weighted by molar-refractivity contribution is 6.08. The number of amides is 1. The average molecular weight is 361 g/mol. The summed E-state index contributed by atoms with van der Waals surface area (Å²) in [4.78, 5) is 39.3. The number of carbonyl (C=O) groups excluding carboxylic acids is 1. The van der Waals surface area contributed by atoms with Gasteiger partial charge in [-0.1, -0.05) is 6.07 Å². The van der Waals surface area contributed by atoms with Crippen molar-refractivity contribution < 1.29 is 14.1 Å². The molecule has 27 heavy (non-hydrogen) atoms. The summed E-state index contributed by atoms with van der Waals surface area (Å²) in [5, 5.41) is 14.8. The Morgan fingerprint density at radius 1 is 1.07 bits per heavy atom. The van der Waals surface area contributed by atoms with Crippen molar-refractivity contribution in [3.05, 3.63) is 87.1 Å². The smallest absolute Gasteiger partial charge is 0.344 e. The normalized spacial score (nSPS) is 10.8. The molecule has 0 aliphatic heterocycles. The predicted octanol–water partition coefficient (Wildman–Crippen LogP) is 3.50. The summed E-state index contributed by atoms with van der Waals surface area (Å²) in [7, 11) is 0. The van der Waals surface area contributed by atoms with E-state index in [9.17, 15) is 19.7 Å². The molecule has 0 bridgehead atoms. The first-order valence-electron chi connectivity index (χ1n) is 7.90. The number of nitrogens with zero attached hydrogens (tertiary/aromatic N) is 2. The van der Waals surface area contributed by atoms with Crippen LogP contribution in [0.1, 0.15) is 10.6 Å². The molecule has 4 aromatic rings. The van der Waals surface area contributed by atoms with Crippen molar-refractivity contribution in [2.24, 2.45) is 0 Å². The Hall–Kier alpha value is -4.07. The largest absolute Gasteiger partial charge is 0.417 e. The number of pyridine rings is 1. The zero-order chi connectivity index (χ0) is 19.0. The van der Waals surface area contributed by atoms with Gasteiger partial charge in [-0.25, -0.2) is 4.79 Å². The molecule has 2 heterocycles. The number of nitro benzene ring substituents is 1. The Balaban J connectivity index is 1.76. The Labute approximate surface area is 151 Å². The molecular formula is C19H11N3O5. The summed E-state index contributed by atoms with van der Waals surface area (Å²) >= 11 is 0. The number of aromatic nitrogens is 1. The van der Waals surface area contributed by atoms with Crippen LogP contribution in [-0.2, 0) is 0 Å². The van der Waals surface area contributed by atoms with E-state index in [4.69, 9.17) is 4.42 Å². The second-order valence-corrected chi connectivity index (χ2v) is 5.76. The fourth-order valence-corrected chi connectivity index (χ4v) is 2.80. The minimum Gasteiger partial charge on any atom is -0.417 e. The van der Waals surface area contributed by atoms with E-state index in [0.29, 0.717) is 11.2 Å². The molecule has 2 aromatic carbocycles. The Kier molecular flexibility index (Phi) is 3.85. The lowest BCUT2D eigenvalue weighted by Crippen LogP contribution is -2.15. The lowest BCUT2D eigenvalue weighted by Gasteiger charge is -2.08. The summed E-state index contributed by atoms with van der Waals surface area (Å²) in [6, 6.07) is 13.8. The summed E-state index contributed by atoms with van der Waals surface area (Å²) < 4.78 is 5.08. The summed E-state index contributed by atoms with van der Waals surface area (Å²) in [5.74, 6) is -0.884. The van der Waals surface area contributed by atoms with E-state index < -0.39 is 16.5 Å².